The minimum Gasteiger partial charge on any atom is -0.489 e. The summed E-state index contributed by atoms with van der Waals surface area (Å²) in [7, 11) is 1.65. The molecule has 0 aromatic carbocycles. The topological polar surface area (TPSA) is 91.0 Å². The normalized spacial score (nSPS) is 24.4. The van der Waals surface area contributed by atoms with Crippen LogP contribution in [0.3, 0.4) is 0 Å². The molecule has 3 heterocycles. The highest BCUT2D eigenvalue weighted by atomic mass is 16.5. The van der Waals surface area contributed by atoms with Crippen molar-refractivity contribution in [2.45, 2.75) is 64.1 Å². The first kappa shape index (κ1) is 18.7. The fourth-order valence-corrected chi connectivity index (χ4v) is 4.17. The van der Waals surface area contributed by atoms with Crippen molar-refractivity contribution < 1.29 is 9.53 Å². The molecular weight excluding hydrogens is 358 g/mol. The maximum Gasteiger partial charge on any atom is 0.345 e. The second-order valence-electron chi connectivity index (χ2n) is 7.86. The summed E-state index contributed by atoms with van der Waals surface area (Å²) in [6.07, 6.45) is 6.97. The predicted molar refractivity (Wildman–Crippen MR) is 103 cm³/mol. The molecule has 1 amide bonds. The van der Waals surface area contributed by atoms with E-state index >= 15 is 0 Å². The SMILES string of the molecule is Cc1ncccc1OC1CCC(NC(=O)C2CCc3nn(C)c(=O)n3C2)CC1. The molecule has 0 spiro atoms. The molecule has 0 radical (unpaired) electrons. The number of aromatic nitrogens is 4. The molecule has 0 bridgehead atoms. The Hall–Kier alpha value is -2.64. The zero-order valence-corrected chi connectivity index (χ0v) is 16.4. The van der Waals surface area contributed by atoms with E-state index in [2.05, 4.69) is 15.4 Å². The molecule has 2 aliphatic rings. The van der Waals surface area contributed by atoms with Crippen LogP contribution in [0.2, 0.25) is 0 Å². The van der Waals surface area contributed by atoms with Crippen LogP contribution in [0.15, 0.2) is 23.1 Å². The van der Waals surface area contributed by atoms with Crippen LogP contribution in [0.1, 0.15) is 43.6 Å². The first-order valence-corrected chi connectivity index (χ1v) is 10.0. The lowest BCUT2D eigenvalue weighted by Gasteiger charge is -2.31. The largest absolute Gasteiger partial charge is 0.489 e. The van der Waals surface area contributed by atoms with Gasteiger partial charge in [0.15, 0.2) is 0 Å². The molecule has 28 heavy (non-hydrogen) atoms. The smallest absolute Gasteiger partial charge is 0.345 e. The number of nitrogens with one attached hydrogen (secondary N) is 1. The Balaban J connectivity index is 1.28. The number of amides is 1. The van der Waals surface area contributed by atoms with Gasteiger partial charge in [-0.2, -0.15) is 5.10 Å². The lowest BCUT2D eigenvalue weighted by molar-refractivity contribution is -0.127. The monoisotopic (exact) mass is 385 g/mol. The molecule has 2 aromatic rings. The third-order valence-corrected chi connectivity index (χ3v) is 5.85. The molecule has 1 aliphatic heterocycles. The van der Waals surface area contributed by atoms with Gasteiger partial charge in [-0.25, -0.2) is 9.48 Å². The van der Waals surface area contributed by atoms with Crippen LogP contribution >= 0.6 is 0 Å². The van der Waals surface area contributed by atoms with E-state index in [1.165, 1.54) is 4.68 Å². The van der Waals surface area contributed by atoms with E-state index in [0.29, 0.717) is 13.0 Å². The first-order chi connectivity index (χ1) is 13.5. The number of nitrogens with zero attached hydrogens (tertiary/aromatic N) is 4. The van der Waals surface area contributed by atoms with Gasteiger partial charge in [-0.05, 0) is 51.2 Å². The van der Waals surface area contributed by atoms with Crippen molar-refractivity contribution in [2.75, 3.05) is 0 Å². The van der Waals surface area contributed by atoms with Gasteiger partial charge in [0, 0.05) is 32.3 Å². The Morgan fingerprint density at radius 2 is 2.04 bits per heavy atom. The number of rotatable bonds is 4. The lowest BCUT2D eigenvalue weighted by atomic mass is 9.91. The molecule has 8 nitrogen and oxygen atoms in total. The second-order valence-corrected chi connectivity index (χ2v) is 7.86. The third-order valence-electron chi connectivity index (χ3n) is 5.85. The van der Waals surface area contributed by atoms with Crippen LogP contribution in [0.4, 0.5) is 0 Å². The van der Waals surface area contributed by atoms with Crippen molar-refractivity contribution in [1.82, 2.24) is 24.6 Å². The number of pyridine rings is 1. The van der Waals surface area contributed by atoms with E-state index in [1.807, 2.05) is 19.1 Å². The van der Waals surface area contributed by atoms with Gasteiger partial charge >= 0.3 is 5.69 Å². The molecular formula is C20H27N5O3. The summed E-state index contributed by atoms with van der Waals surface area (Å²) < 4.78 is 9.07. The molecule has 1 aliphatic carbocycles. The molecule has 1 saturated carbocycles. The van der Waals surface area contributed by atoms with Crippen molar-refractivity contribution in [2.24, 2.45) is 13.0 Å². The average molecular weight is 385 g/mol. The van der Waals surface area contributed by atoms with Gasteiger partial charge in [0.2, 0.25) is 5.91 Å². The summed E-state index contributed by atoms with van der Waals surface area (Å²) in [5, 5.41) is 7.42. The molecule has 1 N–H and O–H groups in total. The summed E-state index contributed by atoms with van der Waals surface area (Å²) >= 11 is 0. The third kappa shape index (κ3) is 3.81. The summed E-state index contributed by atoms with van der Waals surface area (Å²) in [5.74, 6) is 1.50. The standard InChI is InChI=1S/C20H27N5O3/c1-13-17(4-3-11-21-13)28-16-8-6-15(7-9-16)22-19(26)14-5-10-18-23-24(2)20(27)25(18)12-14/h3-4,11,14-16H,5-10,12H2,1-2H3,(H,22,26). The van der Waals surface area contributed by atoms with Crippen molar-refractivity contribution >= 4 is 5.91 Å². The van der Waals surface area contributed by atoms with Crippen LogP contribution in [0.25, 0.3) is 0 Å². The Morgan fingerprint density at radius 1 is 1.25 bits per heavy atom. The molecule has 2 aromatic heterocycles. The van der Waals surface area contributed by atoms with Gasteiger partial charge in [0.05, 0.1) is 17.7 Å². The molecule has 0 saturated heterocycles. The summed E-state index contributed by atoms with van der Waals surface area (Å²) in [6.45, 7) is 2.37. The van der Waals surface area contributed by atoms with E-state index in [0.717, 1.165) is 49.4 Å². The van der Waals surface area contributed by atoms with Crippen LogP contribution in [0.5, 0.6) is 5.75 Å². The minimum atomic E-state index is -0.165. The molecule has 1 atom stereocenters. The van der Waals surface area contributed by atoms with Crippen molar-refractivity contribution in [1.29, 1.82) is 0 Å². The number of ether oxygens (including phenoxy) is 1. The maximum atomic E-state index is 12.7. The van der Waals surface area contributed by atoms with E-state index in [1.54, 1.807) is 17.8 Å². The number of carbonyl (C=O) groups is 1. The summed E-state index contributed by atoms with van der Waals surface area (Å²) in [4.78, 5) is 29.1. The Morgan fingerprint density at radius 3 is 2.79 bits per heavy atom. The van der Waals surface area contributed by atoms with Crippen molar-refractivity contribution in [3.05, 3.63) is 40.3 Å². The summed E-state index contributed by atoms with van der Waals surface area (Å²) in [6, 6.07) is 4.01. The Kier molecular flexibility index (Phi) is 5.19. The maximum absolute atomic E-state index is 12.7. The van der Waals surface area contributed by atoms with Gasteiger partial charge in [0.25, 0.3) is 0 Å². The van der Waals surface area contributed by atoms with Gasteiger partial charge in [0.1, 0.15) is 11.6 Å². The average Bonchev–Trinajstić information content (AvgIpc) is 2.98. The number of carbonyl (C=O) groups excluding carboxylic acids is 1. The number of hydrogen-bond acceptors (Lipinski definition) is 5. The molecule has 150 valence electrons. The van der Waals surface area contributed by atoms with E-state index in [-0.39, 0.29) is 29.7 Å². The first-order valence-electron chi connectivity index (χ1n) is 10.0. The highest BCUT2D eigenvalue weighted by molar-refractivity contribution is 5.79. The fraction of sp³-hybridized carbons (Fsp3) is 0.600. The van der Waals surface area contributed by atoms with Crippen LogP contribution < -0.4 is 15.7 Å². The second kappa shape index (κ2) is 7.77. The fourth-order valence-electron chi connectivity index (χ4n) is 4.17. The van der Waals surface area contributed by atoms with Crippen LogP contribution in [0, 0.1) is 12.8 Å². The zero-order valence-electron chi connectivity index (χ0n) is 16.4. The highest BCUT2D eigenvalue weighted by Gasteiger charge is 2.30. The van der Waals surface area contributed by atoms with Crippen LogP contribution in [-0.4, -0.2) is 37.4 Å². The lowest BCUT2D eigenvalue weighted by Crippen LogP contribution is -2.45. The molecule has 1 fully saturated rings. The van der Waals surface area contributed by atoms with E-state index < -0.39 is 0 Å². The molecule has 1 unspecified atom stereocenters. The van der Waals surface area contributed by atoms with Crippen molar-refractivity contribution in [3.63, 3.8) is 0 Å². The van der Waals surface area contributed by atoms with Gasteiger partial charge < -0.3 is 10.1 Å². The van der Waals surface area contributed by atoms with E-state index in [4.69, 9.17) is 4.74 Å². The van der Waals surface area contributed by atoms with Gasteiger partial charge in [-0.3, -0.25) is 14.3 Å². The summed E-state index contributed by atoms with van der Waals surface area (Å²) in [5.41, 5.74) is 0.760. The molecule has 4 rings (SSSR count). The Labute approximate surface area is 163 Å². The predicted octanol–water partition coefficient (Wildman–Crippen LogP) is 1.35. The number of aryl methyl sites for hydroxylation is 3. The zero-order chi connectivity index (χ0) is 19.7. The van der Waals surface area contributed by atoms with Crippen LogP contribution in [-0.2, 0) is 24.8 Å². The minimum absolute atomic E-state index is 0.0499. The number of fused-ring (bicyclic) bond motifs is 1. The highest BCUT2D eigenvalue weighted by Crippen LogP contribution is 2.26. The van der Waals surface area contributed by atoms with E-state index in [9.17, 15) is 9.59 Å². The van der Waals surface area contributed by atoms with Gasteiger partial charge in [-0.1, -0.05) is 0 Å². The quantitative estimate of drug-likeness (QED) is 0.858. The Bertz CT molecular complexity index is 911. The van der Waals surface area contributed by atoms with Gasteiger partial charge in [-0.15, -0.1) is 0 Å². The number of hydrogen-bond donors (Lipinski definition) is 1. The van der Waals surface area contributed by atoms with Crippen molar-refractivity contribution in [3.8, 4) is 5.75 Å². The molecule has 8 heteroatoms.